The predicted octanol–water partition coefficient (Wildman–Crippen LogP) is -0.187. The van der Waals surface area contributed by atoms with Crippen molar-refractivity contribution in [3.05, 3.63) is 12.3 Å². The third kappa shape index (κ3) is 3.94. The van der Waals surface area contributed by atoms with E-state index in [1.165, 1.54) is 4.90 Å². The van der Waals surface area contributed by atoms with Crippen LogP contribution in [0.5, 0.6) is 0 Å². The number of rotatable bonds is 6. The maximum Gasteiger partial charge on any atom is 0.416 e. The zero-order valence-corrected chi connectivity index (χ0v) is 12.6. The summed E-state index contributed by atoms with van der Waals surface area (Å²) < 4.78 is 6.86. The molecule has 1 unspecified atom stereocenters. The molecule has 1 aromatic heterocycles. The van der Waals surface area contributed by atoms with Gasteiger partial charge in [-0.1, -0.05) is 0 Å². The van der Waals surface area contributed by atoms with Crippen molar-refractivity contribution in [3.63, 3.8) is 0 Å². The fourth-order valence-electron chi connectivity index (χ4n) is 2.09. The minimum absolute atomic E-state index is 0.0428. The summed E-state index contributed by atoms with van der Waals surface area (Å²) in [6.45, 7) is 1.43. The molecule has 0 aromatic carbocycles. The topological polar surface area (TPSA) is 79.7 Å². The summed E-state index contributed by atoms with van der Waals surface area (Å²) in [7, 11) is 5.59. The molecule has 1 atom stereocenters. The highest BCUT2D eigenvalue weighted by Crippen LogP contribution is 2.20. The van der Waals surface area contributed by atoms with Crippen LogP contribution in [-0.4, -0.2) is 66.5 Å². The summed E-state index contributed by atoms with van der Waals surface area (Å²) in [5, 5.41) is 6.82. The lowest BCUT2D eigenvalue weighted by Crippen LogP contribution is -2.36. The van der Waals surface area contributed by atoms with E-state index in [0.29, 0.717) is 31.9 Å². The van der Waals surface area contributed by atoms with E-state index in [9.17, 15) is 9.59 Å². The molecule has 0 spiro atoms. The molecule has 116 valence electrons. The molecule has 1 aliphatic rings. The molecule has 1 aromatic rings. The van der Waals surface area contributed by atoms with Crippen molar-refractivity contribution < 1.29 is 14.3 Å². The van der Waals surface area contributed by atoms with Crippen molar-refractivity contribution in [2.24, 2.45) is 7.05 Å². The quantitative estimate of drug-likeness (QED) is 0.787. The number of carbonyl (C=O) groups is 2. The van der Waals surface area contributed by atoms with Crippen LogP contribution in [0.2, 0.25) is 0 Å². The Morgan fingerprint density at radius 2 is 2.33 bits per heavy atom. The lowest BCUT2D eigenvalue weighted by atomic mass is 10.3. The number of amides is 2. The molecule has 8 nitrogen and oxygen atoms in total. The maximum atomic E-state index is 11.8. The molecular weight excluding hydrogens is 274 g/mol. The summed E-state index contributed by atoms with van der Waals surface area (Å²) >= 11 is 0. The minimum Gasteiger partial charge on any atom is -0.442 e. The second kappa shape index (κ2) is 6.57. The van der Waals surface area contributed by atoms with E-state index in [-0.39, 0.29) is 12.0 Å². The van der Waals surface area contributed by atoms with Crippen LogP contribution in [-0.2, 0) is 16.6 Å². The Morgan fingerprint density at radius 1 is 1.57 bits per heavy atom. The van der Waals surface area contributed by atoms with Crippen LogP contribution in [0.4, 0.5) is 10.6 Å². The Bertz CT molecular complexity index is 514. The molecule has 21 heavy (non-hydrogen) atoms. The first-order valence-electron chi connectivity index (χ1n) is 6.85. The van der Waals surface area contributed by atoms with E-state index < -0.39 is 6.09 Å². The molecule has 2 heterocycles. The normalized spacial score (nSPS) is 18.2. The van der Waals surface area contributed by atoms with Gasteiger partial charge in [-0.3, -0.25) is 14.4 Å². The SMILES string of the molecule is CN(C)CCC(=O)NCC1CN(c2ccnn2C)C(=O)O1. The van der Waals surface area contributed by atoms with Crippen molar-refractivity contribution in [2.45, 2.75) is 12.5 Å². The van der Waals surface area contributed by atoms with Gasteiger partial charge in [0.25, 0.3) is 0 Å². The highest BCUT2D eigenvalue weighted by atomic mass is 16.6. The predicted molar refractivity (Wildman–Crippen MR) is 77.0 cm³/mol. The average Bonchev–Trinajstić information content (AvgIpc) is 2.99. The standard InChI is InChI=1S/C13H21N5O3/c1-16(2)7-5-11(19)14-8-10-9-18(13(20)21-10)12-4-6-15-17(12)3/h4,6,10H,5,7-9H2,1-3H3,(H,14,19). The molecule has 0 radical (unpaired) electrons. The van der Waals surface area contributed by atoms with Crippen molar-refractivity contribution in [3.8, 4) is 0 Å². The van der Waals surface area contributed by atoms with Crippen molar-refractivity contribution in [1.29, 1.82) is 0 Å². The van der Waals surface area contributed by atoms with Gasteiger partial charge < -0.3 is 15.0 Å². The number of nitrogens with one attached hydrogen (secondary N) is 1. The van der Waals surface area contributed by atoms with Gasteiger partial charge in [0.05, 0.1) is 19.3 Å². The van der Waals surface area contributed by atoms with Crippen LogP contribution in [0.25, 0.3) is 0 Å². The summed E-state index contributed by atoms with van der Waals surface area (Å²) in [6.07, 6.45) is 1.31. The largest absolute Gasteiger partial charge is 0.442 e. The number of cyclic esters (lactones) is 1. The first-order valence-corrected chi connectivity index (χ1v) is 6.85. The first-order chi connectivity index (χ1) is 9.97. The second-order valence-electron chi connectivity index (χ2n) is 5.29. The molecule has 1 saturated heterocycles. The summed E-state index contributed by atoms with van der Waals surface area (Å²) in [5.74, 6) is 0.639. The summed E-state index contributed by atoms with van der Waals surface area (Å²) in [4.78, 5) is 26.9. The molecule has 0 bridgehead atoms. The van der Waals surface area contributed by atoms with Crippen molar-refractivity contribution >= 4 is 17.8 Å². The number of ether oxygens (including phenoxy) is 1. The molecular formula is C13H21N5O3. The molecule has 1 aliphatic heterocycles. The highest BCUT2D eigenvalue weighted by molar-refractivity contribution is 5.88. The van der Waals surface area contributed by atoms with Crippen LogP contribution >= 0.6 is 0 Å². The lowest BCUT2D eigenvalue weighted by molar-refractivity contribution is -0.121. The Balaban J connectivity index is 1.81. The second-order valence-corrected chi connectivity index (χ2v) is 5.29. The fourth-order valence-corrected chi connectivity index (χ4v) is 2.09. The zero-order chi connectivity index (χ0) is 15.4. The van der Waals surface area contributed by atoms with E-state index in [4.69, 9.17) is 4.74 Å². The third-order valence-electron chi connectivity index (χ3n) is 3.26. The molecule has 1 N–H and O–H groups in total. The number of anilines is 1. The van der Waals surface area contributed by atoms with Gasteiger partial charge in [0.1, 0.15) is 11.9 Å². The number of nitrogens with zero attached hydrogens (tertiary/aromatic N) is 4. The van der Waals surface area contributed by atoms with Gasteiger partial charge in [-0.25, -0.2) is 4.79 Å². The van der Waals surface area contributed by atoms with E-state index in [1.807, 2.05) is 19.0 Å². The van der Waals surface area contributed by atoms with E-state index in [0.717, 1.165) is 0 Å². The van der Waals surface area contributed by atoms with Crippen LogP contribution < -0.4 is 10.2 Å². The van der Waals surface area contributed by atoms with Gasteiger partial charge in [-0.2, -0.15) is 5.10 Å². The first kappa shape index (κ1) is 15.3. The van der Waals surface area contributed by atoms with Gasteiger partial charge in [-0.05, 0) is 14.1 Å². The van der Waals surface area contributed by atoms with Crippen LogP contribution in [0.15, 0.2) is 12.3 Å². The maximum absolute atomic E-state index is 11.8. The molecule has 1 fully saturated rings. The minimum atomic E-state index is -0.411. The fraction of sp³-hybridized carbons (Fsp3) is 0.615. The smallest absolute Gasteiger partial charge is 0.416 e. The number of carbonyl (C=O) groups excluding carboxylic acids is 2. The third-order valence-corrected chi connectivity index (χ3v) is 3.26. The molecule has 2 rings (SSSR count). The monoisotopic (exact) mass is 295 g/mol. The van der Waals surface area contributed by atoms with Gasteiger partial charge in [-0.15, -0.1) is 0 Å². The number of hydrogen-bond acceptors (Lipinski definition) is 5. The van der Waals surface area contributed by atoms with E-state index in [1.54, 1.807) is 24.0 Å². The molecule has 8 heteroatoms. The van der Waals surface area contributed by atoms with E-state index >= 15 is 0 Å². The Labute approximate surface area is 123 Å². The Morgan fingerprint density at radius 3 is 2.95 bits per heavy atom. The van der Waals surface area contributed by atoms with Crippen LogP contribution in [0, 0.1) is 0 Å². The molecule has 0 saturated carbocycles. The summed E-state index contributed by atoms with van der Waals surface area (Å²) in [6, 6.07) is 1.75. The van der Waals surface area contributed by atoms with Gasteiger partial charge >= 0.3 is 6.09 Å². The van der Waals surface area contributed by atoms with Gasteiger partial charge in [0.15, 0.2) is 0 Å². The van der Waals surface area contributed by atoms with E-state index in [2.05, 4.69) is 10.4 Å². The average molecular weight is 295 g/mol. The van der Waals surface area contributed by atoms with Crippen LogP contribution in [0.1, 0.15) is 6.42 Å². The lowest BCUT2D eigenvalue weighted by Gasteiger charge is -2.13. The number of hydrogen-bond donors (Lipinski definition) is 1. The molecule has 2 amide bonds. The number of aryl methyl sites for hydroxylation is 1. The Hall–Kier alpha value is -2.09. The zero-order valence-electron chi connectivity index (χ0n) is 12.6. The van der Waals surface area contributed by atoms with Crippen LogP contribution in [0.3, 0.4) is 0 Å². The number of aromatic nitrogens is 2. The van der Waals surface area contributed by atoms with Crippen molar-refractivity contribution in [1.82, 2.24) is 20.0 Å². The van der Waals surface area contributed by atoms with Gasteiger partial charge in [0.2, 0.25) is 5.91 Å². The van der Waals surface area contributed by atoms with Gasteiger partial charge in [0, 0.05) is 26.1 Å². The summed E-state index contributed by atoms with van der Waals surface area (Å²) in [5.41, 5.74) is 0. The van der Waals surface area contributed by atoms with Crippen molar-refractivity contribution in [2.75, 3.05) is 38.6 Å². The highest BCUT2D eigenvalue weighted by Gasteiger charge is 2.33. The molecule has 0 aliphatic carbocycles. The Kier molecular flexibility index (Phi) is 4.79.